The van der Waals surface area contributed by atoms with Crippen LogP contribution >= 0.6 is 0 Å². The molecule has 110 valence electrons. The second-order valence-corrected chi connectivity index (χ2v) is 4.06. The van der Waals surface area contributed by atoms with Gasteiger partial charge in [-0.25, -0.2) is 4.39 Å². The van der Waals surface area contributed by atoms with Gasteiger partial charge in [0.2, 0.25) is 5.91 Å². The summed E-state index contributed by atoms with van der Waals surface area (Å²) < 4.78 is 49.5. The van der Waals surface area contributed by atoms with E-state index >= 15 is 0 Å². The Morgan fingerprint density at radius 3 is 2.15 bits per heavy atom. The van der Waals surface area contributed by atoms with Crippen molar-refractivity contribution in [2.24, 2.45) is 0 Å². The Bertz CT molecular complexity index is 484. The van der Waals surface area contributed by atoms with Gasteiger partial charge in [0.1, 0.15) is 18.9 Å². The third-order valence-electron chi connectivity index (χ3n) is 2.32. The third kappa shape index (κ3) is 5.68. The number of nitrogens with zero attached hydrogens (tertiary/aromatic N) is 1. The average molecular weight is 293 g/mol. The van der Waals surface area contributed by atoms with E-state index in [1.54, 1.807) is 0 Å². The molecule has 0 saturated heterocycles. The SMILES string of the molecule is O=C(O)CN(CC(F)(F)F)C(=O)Cc1ccc(F)cc1. The highest BCUT2D eigenvalue weighted by atomic mass is 19.4. The van der Waals surface area contributed by atoms with Crippen molar-refractivity contribution in [1.82, 2.24) is 4.90 Å². The van der Waals surface area contributed by atoms with Crippen LogP contribution in [0.2, 0.25) is 0 Å². The van der Waals surface area contributed by atoms with Crippen molar-refractivity contribution in [1.29, 1.82) is 0 Å². The van der Waals surface area contributed by atoms with Crippen molar-refractivity contribution < 1.29 is 32.3 Å². The van der Waals surface area contributed by atoms with E-state index in [1.807, 2.05) is 0 Å². The van der Waals surface area contributed by atoms with Crippen LogP contribution in [-0.4, -0.2) is 41.1 Å². The molecule has 1 amide bonds. The fraction of sp³-hybridized carbons (Fsp3) is 0.333. The van der Waals surface area contributed by atoms with Gasteiger partial charge >= 0.3 is 12.1 Å². The van der Waals surface area contributed by atoms with Gasteiger partial charge in [-0.1, -0.05) is 12.1 Å². The monoisotopic (exact) mass is 293 g/mol. The Morgan fingerprint density at radius 2 is 1.70 bits per heavy atom. The zero-order valence-electron chi connectivity index (χ0n) is 10.2. The van der Waals surface area contributed by atoms with Gasteiger partial charge in [-0.2, -0.15) is 13.2 Å². The fourth-order valence-electron chi connectivity index (χ4n) is 1.50. The van der Waals surface area contributed by atoms with Gasteiger partial charge in [0.25, 0.3) is 0 Å². The molecule has 0 aliphatic heterocycles. The molecule has 0 saturated carbocycles. The number of carboxylic acid groups (broad SMARTS) is 1. The average Bonchev–Trinajstić information content (AvgIpc) is 2.29. The molecule has 0 unspecified atom stereocenters. The molecule has 0 aromatic heterocycles. The predicted octanol–water partition coefficient (Wildman–Crippen LogP) is 1.84. The zero-order valence-corrected chi connectivity index (χ0v) is 10.2. The Morgan fingerprint density at radius 1 is 1.15 bits per heavy atom. The first-order chi connectivity index (χ1) is 9.17. The zero-order chi connectivity index (χ0) is 15.3. The standard InChI is InChI=1S/C12H11F4NO3/c13-9-3-1-8(2-4-9)5-10(18)17(6-11(19)20)7-12(14,15)16/h1-4H,5-7H2,(H,19,20). The van der Waals surface area contributed by atoms with E-state index < -0.39 is 43.4 Å². The highest BCUT2D eigenvalue weighted by molar-refractivity contribution is 5.83. The van der Waals surface area contributed by atoms with Crippen molar-refractivity contribution in [3.05, 3.63) is 35.6 Å². The minimum Gasteiger partial charge on any atom is -0.480 e. The summed E-state index contributed by atoms with van der Waals surface area (Å²) in [5, 5.41) is 8.52. The smallest absolute Gasteiger partial charge is 0.406 e. The van der Waals surface area contributed by atoms with Gasteiger partial charge in [0.15, 0.2) is 0 Å². The number of aliphatic carboxylic acids is 1. The Labute approximate surface area is 111 Å². The van der Waals surface area contributed by atoms with E-state index in [0.29, 0.717) is 5.56 Å². The summed E-state index contributed by atoms with van der Waals surface area (Å²) in [7, 11) is 0. The van der Waals surface area contributed by atoms with Crippen LogP contribution in [0.15, 0.2) is 24.3 Å². The minimum absolute atomic E-state index is 0.200. The summed E-state index contributed by atoms with van der Waals surface area (Å²) in [6.07, 6.45) is -5.11. The molecule has 0 radical (unpaired) electrons. The normalized spacial score (nSPS) is 11.2. The van der Waals surface area contributed by atoms with E-state index in [2.05, 4.69) is 0 Å². The number of carbonyl (C=O) groups is 2. The van der Waals surface area contributed by atoms with E-state index in [4.69, 9.17) is 5.11 Å². The van der Waals surface area contributed by atoms with Crippen molar-refractivity contribution in [2.75, 3.05) is 13.1 Å². The maximum atomic E-state index is 12.7. The lowest BCUT2D eigenvalue weighted by Crippen LogP contribution is -2.42. The van der Waals surface area contributed by atoms with Crippen molar-refractivity contribution >= 4 is 11.9 Å². The maximum absolute atomic E-state index is 12.7. The first kappa shape index (κ1) is 15.9. The van der Waals surface area contributed by atoms with Gasteiger partial charge in [-0.3, -0.25) is 9.59 Å². The molecule has 1 rings (SSSR count). The van der Waals surface area contributed by atoms with Crippen LogP contribution in [-0.2, 0) is 16.0 Å². The molecular formula is C12H11F4NO3. The molecule has 0 aliphatic rings. The summed E-state index contributed by atoms with van der Waals surface area (Å²) >= 11 is 0. The number of hydrogen-bond donors (Lipinski definition) is 1. The number of alkyl halides is 3. The number of benzene rings is 1. The topological polar surface area (TPSA) is 57.6 Å². The van der Waals surface area contributed by atoms with Gasteiger partial charge in [-0.15, -0.1) is 0 Å². The van der Waals surface area contributed by atoms with Crippen LogP contribution in [0, 0.1) is 5.82 Å². The molecule has 0 bridgehead atoms. The molecule has 0 fully saturated rings. The van der Waals surface area contributed by atoms with Crippen LogP contribution in [0.1, 0.15) is 5.56 Å². The van der Waals surface area contributed by atoms with E-state index in [-0.39, 0.29) is 4.90 Å². The second-order valence-electron chi connectivity index (χ2n) is 4.06. The summed E-state index contributed by atoms with van der Waals surface area (Å²) in [6, 6.07) is 4.63. The largest absolute Gasteiger partial charge is 0.480 e. The van der Waals surface area contributed by atoms with Crippen molar-refractivity contribution in [3.63, 3.8) is 0 Å². The highest BCUT2D eigenvalue weighted by Crippen LogP contribution is 2.17. The first-order valence-corrected chi connectivity index (χ1v) is 5.48. The predicted molar refractivity (Wildman–Crippen MR) is 60.4 cm³/mol. The lowest BCUT2D eigenvalue weighted by molar-refractivity contribution is -0.165. The van der Waals surface area contributed by atoms with Crippen LogP contribution in [0.5, 0.6) is 0 Å². The molecule has 0 atom stereocenters. The van der Waals surface area contributed by atoms with Crippen LogP contribution in [0.4, 0.5) is 17.6 Å². The van der Waals surface area contributed by atoms with Crippen molar-refractivity contribution in [2.45, 2.75) is 12.6 Å². The lowest BCUT2D eigenvalue weighted by Gasteiger charge is -2.22. The Balaban J connectivity index is 2.76. The first-order valence-electron chi connectivity index (χ1n) is 5.48. The number of carbonyl (C=O) groups excluding carboxylic acids is 1. The Kier molecular flexibility index (Phi) is 5.06. The van der Waals surface area contributed by atoms with Crippen LogP contribution < -0.4 is 0 Å². The van der Waals surface area contributed by atoms with Crippen LogP contribution in [0.3, 0.4) is 0 Å². The van der Waals surface area contributed by atoms with E-state index in [1.165, 1.54) is 12.1 Å². The molecule has 0 spiro atoms. The van der Waals surface area contributed by atoms with Gasteiger partial charge in [-0.05, 0) is 17.7 Å². The molecule has 0 heterocycles. The molecule has 1 N–H and O–H groups in total. The fourth-order valence-corrected chi connectivity index (χ4v) is 1.50. The summed E-state index contributed by atoms with van der Waals surface area (Å²) in [6.45, 7) is -2.68. The van der Waals surface area contributed by atoms with Gasteiger partial charge in [0.05, 0.1) is 6.42 Å². The summed E-state index contributed by atoms with van der Waals surface area (Å²) in [5.41, 5.74) is 0.300. The lowest BCUT2D eigenvalue weighted by atomic mass is 10.1. The molecule has 8 heteroatoms. The highest BCUT2D eigenvalue weighted by Gasteiger charge is 2.33. The Hall–Kier alpha value is -2.12. The number of halogens is 4. The van der Waals surface area contributed by atoms with Crippen molar-refractivity contribution in [3.8, 4) is 0 Å². The summed E-state index contributed by atoms with van der Waals surface area (Å²) in [4.78, 5) is 22.4. The number of carboxylic acids is 1. The third-order valence-corrected chi connectivity index (χ3v) is 2.32. The minimum atomic E-state index is -4.69. The van der Waals surface area contributed by atoms with E-state index in [0.717, 1.165) is 12.1 Å². The molecule has 1 aromatic rings. The maximum Gasteiger partial charge on any atom is 0.406 e. The summed E-state index contributed by atoms with van der Waals surface area (Å²) in [5.74, 6) is -3.07. The molecule has 1 aromatic carbocycles. The number of amides is 1. The molecule has 20 heavy (non-hydrogen) atoms. The van der Waals surface area contributed by atoms with Gasteiger partial charge < -0.3 is 10.0 Å². The van der Waals surface area contributed by atoms with Crippen LogP contribution in [0.25, 0.3) is 0 Å². The molecule has 4 nitrogen and oxygen atoms in total. The number of hydrogen-bond acceptors (Lipinski definition) is 2. The van der Waals surface area contributed by atoms with E-state index in [9.17, 15) is 27.2 Å². The second kappa shape index (κ2) is 6.36. The number of rotatable bonds is 5. The van der Waals surface area contributed by atoms with Gasteiger partial charge in [0, 0.05) is 0 Å². The molecular weight excluding hydrogens is 282 g/mol. The quantitative estimate of drug-likeness (QED) is 0.843. The molecule has 0 aliphatic carbocycles.